The van der Waals surface area contributed by atoms with E-state index in [1.54, 1.807) is 23.1 Å². The number of nitrogens with zero attached hydrogens (tertiary/aromatic N) is 3. The highest BCUT2D eigenvalue weighted by Gasteiger charge is 2.17. The van der Waals surface area contributed by atoms with Crippen LogP contribution in [0.1, 0.15) is 21.5 Å². The number of aryl methyl sites for hydroxylation is 1. The zero-order valence-electron chi connectivity index (χ0n) is 18.5. The van der Waals surface area contributed by atoms with Crippen molar-refractivity contribution < 1.29 is 4.79 Å². The van der Waals surface area contributed by atoms with Crippen LogP contribution in [0.15, 0.2) is 102 Å². The molecule has 1 N–H and O–H groups in total. The van der Waals surface area contributed by atoms with E-state index in [2.05, 4.69) is 38.3 Å². The molecular weight excluding hydrogens is 460 g/mol. The topological polar surface area (TPSA) is 59.8 Å². The number of amides is 1. The predicted octanol–water partition coefficient (Wildman–Crippen LogP) is 6.85. The minimum Gasteiger partial charge on any atom is -0.322 e. The fraction of sp³-hybridized carbons (Fsp3) is 0.0741. The predicted molar refractivity (Wildman–Crippen MR) is 140 cm³/mol. The molecule has 5 nitrogen and oxygen atoms in total. The minimum absolute atomic E-state index is 0.116. The summed E-state index contributed by atoms with van der Waals surface area (Å²) in [6.07, 6.45) is 0. The maximum Gasteiger partial charge on any atom is 0.255 e. The number of carbonyl (C=O) groups excluding carboxylic acids is 1. The SMILES string of the molecule is Cc1cccc(NC(=O)c2ccc(CSc3nnc(-c4cccs4)n3-c3ccccc3)cc2)c1. The molecule has 5 aromatic rings. The number of rotatable bonds is 7. The van der Waals surface area contributed by atoms with E-state index in [1.807, 2.05) is 85.1 Å². The normalized spacial score (nSPS) is 10.9. The van der Waals surface area contributed by atoms with Crippen LogP contribution in [0, 0.1) is 6.92 Å². The molecule has 2 heterocycles. The number of para-hydroxylation sites is 1. The Balaban J connectivity index is 1.31. The van der Waals surface area contributed by atoms with Crippen molar-refractivity contribution in [2.75, 3.05) is 5.32 Å². The first-order chi connectivity index (χ1) is 16.7. The Bertz CT molecular complexity index is 1390. The Kier molecular flexibility index (Phi) is 6.56. The third-order valence-corrected chi connectivity index (χ3v) is 7.12. The van der Waals surface area contributed by atoms with E-state index in [4.69, 9.17) is 0 Å². The summed E-state index contributed by atoms with van der Waals surface area (Å²) in [4.78, 5) is 13.7. The maximum absolute atomic E-state index is 12.6. The molecule has 2 aromatic heterocycles. The molecule has 0 spiro atoms. The summed E-state index contributed by atoms with van der Waals surface area (Å²) in [6, 6.07) is 29.7. The number of benzene rings is 3. The molecule has 0 radical (unpaired) electrons. The molecule has 0 bridgehead atoms. The van der Waals surface area contributed by atoms with Crippen LogP contribution < -0.4 is 5.32 Å². The van der Waals surface area contributed by atoms with Crippen molar-refractivity contribution >= 4 is 34.7 Å². The largest absolute Gasteiger partial charge is 0.322 e. The first-order valence-corrected chi connectivity index (χ1v) is 12.7. The Morgan fingerprint density at radius 2 is 1.76 bits per heavy atom. The van der Waals surface area contributed by atoms with Gasteiger partial charge in [-0.3, -0.25) is 9.36 Å². The molecule has 3 aromatic carbocycles. The lowest BCUT2D eigenvalue weighted by Crippen LogP contribution is -2.11. The molecule has 0 fully saturated rings. The van der Waals surface area contributed by atoms with Crippen molar-refractivity contribution in [3.8, 4) is 16.4 Å². The third kappa shape index (κ3) is 4.95. The van der Waals surface area contributed by atoms with E-state index in [1.165, 1.54) is 0 Å². The van der Waals surface area contributed by atoms with Gasteiger partial charge in [-0.15, -0.1) is 21.5 Å². The number of nitrogens with one attached hydrogen (secondary N) is 1. The number of hydrogen-bond acceptors (Lipinski definition) is 5. The van der Waals surface area contributed by atoms with E-state index in [9.17, 15) is 4.79 Å². The third-order valence-electron chi connectivity index (χ3n) is 5.25. The number of aromatic nitrogens is 3. The second-order valence-corrected chi connectivity index (χ2v) is 9.65. The standard InChI is InChI=1S/C27H22N4OS2/c1-19-7-5-8-22(17-19)28-26(32)21-14-12-20(13-15-21)18-34-27-30-29-25(24-11-6-16-33-24)31(27)23-9-3-2-4-10-23/h2-17H,18H2,1H3,(H,28,32). The van der Waals surface area contributed by atoms with Gasteiger partial charge in [-0.1, -0.05) is 60.3 Å². The highest BCUT2D eigenvalue weighted by molar-refractivity contribution is 7.98. The Morgan fingerprint density at radius 1 is 0.941 bits per heavy atom. The maximum atomic E-state index is 12.6. The van der Waals surface area contributed by atoms with Gasteiger partial charge < -0.3 is 5.32 Å². The molecule has 0 aliphatic heterocycles. The molecule has 34 heavy (non-hydrogen) atoms. The zero-order chi connectivity index (χ0) is 23.3. The zero-order valence-corrected chi connectivity index (χ0v) is 20.1. The molecule has 0 aliphatic rings. The van der Waals surface area contributed by atoms with Crippen LogP contribution in [0.3, 0.4) is 0 Å². The van der Waals surface area contributed by atoms with Crippen molar-refractivity contribution in [1.29, 1.82) is 0 Å². The van der Waals surface area contributed by atoms with Gasteiger partial charge >= 0.3 is 0 Å². The first-order valence-electron chi connectivity index (χ1n) is 10.8. The highest BCUT2D eigenvalue weighted by atomic mass is 32.2. The summed E-state index contributed by atoms with van der Waals surface area (Å²) in [5.74, 6) is 1.44. The molecule has 0 aliphatic carbocycles. The average Bonchev–Trinajstić information content (AvgIpc) is 3.53. The summed E-state index contributed by atoms with van der Waals surface area (Å²) in [6.45, 7) is 2.00. The van der Waals surface area contributed by atoms with Gasteiger partial charge in [0.2, 0.25) is 0 Å². The van der Waals surface area contributed by atoms with Crippen molar-refractivity contribution in [3.63, 3.8) is 0 Å². The lowest BCUT2D eigenvalue weighted by molar-refractivity contribution is 0.102. The van der Waals surface area contributed by atoms with Crippen LogP contribution in [0.5, 0.6) is 0 Å². The van der Waals surface area contributed by atoms with E-state index in [-0.39, 0.29) is 5.91 Å². The monoisotopic (exact) mass is 482 g/mol. The van der Waals surface area contributed by atoms with Crippen LogP contribution in [0.25, 0.3) is 16.4 Å². The Hall–Kier alpha value is -3.68. The van der Waals surface area contributed by atoms with Crippen LogP contribution in [-0.2, 0) is 5.75 Å². The second-order valence-electron chi connectivity index (χ2n) is 7.76. The van der Waals surface area contributed by atoms with Crippen molar-refractivity contribution in [2.24, 2.45) is 0 Å². The summed E-state index contributed by atoms with van der Waals surface area (Å²) < 4.78 is 2.10. The summed E-state index contributed by atoms with van der Waals surface area (Å²) in [5, 5.41) is 14.8. The highest BCUT2D eigenvalue weighted by Crippen LogP contribution is 2.31. The smallest absolute Gasteiger partial charge is 0.255 e. The van der Waals surface area contributed by atoms with E-state index in [0.717, 1.165) is 44.1 Å². The van der Waals surface area contributed by atoms with Crippen LogP contribution in [0.2, 0.25) is 0 Å². The summed E-state index contributed by atoms with van der Waals surface area (Å²) >= 11 is 3.27. The quantitative estimate of drug-likeness (QED) is 0.258. The molecule has 1 amide bonds. The van der Waals surface area contributed by atoms with Crippen molar-refractivity contribution in [2.45, 2.75) is 17.8 Å². The van der Waals surface area contributed by atoms with Crippen molar-refractivity contribution in [1.82, 2.24) is 14.8 Å². The average molecular weight is 483 g/mol. The molecule has 0 atom stereocenters. The van der Waals surface area contributed by atoms with E-state index >= 15 is 0 Å². The molecule has 7 heteroatoms. The molecule has 0 saturated carbocycles. The summed E-state index contributed by atoms with van der Waals surface area (Å²) in [5.41, 5.74) is 4.67. The van der Waals surface area contributed by atoms with Crippen molar-refractivity contribution in [3.05, 3.63) is 113 Å². The fourth-order valence-electron chi connectivity index (χ4n) is 3.56. The Morgan fingerprint density at radius 3 is 2.50 bits per heavy atom. The number of thioether (sulfide) groups is 1. The number of hydrogen-bond donors (Lipinski definition) is 1. The molecule has 168 valence electrons. The van der Waals surface area contributed by atoms with Gasteiger partial charge in [0.05, 0.1) is 4.88 Å². The van der Waals surface area contributed by atoms with Gasteiger partial charge in [0.15, 0.2) is 11.0 Å². The molecule has 0 unspecified atom stereocenters. The lowest BCUT2D eigenvalue weighted by Gasteiger charge is -2.10. The van der Waals surface area contributed by atoms with E-state index < -0.39 is 0 Å². The number of anilines is 1. The van der Waals surface area contributed by atoms with Gasteiger partial charge in [-0.25, -0.2) is 0 Å². The number of thiophene rings is 1. The fourth-order valence-corrected chi connectivity index (χ4v) is 5.17. The van der Waals surface area contributed by atoms with Gasteiger partial charge in [-0.05, 0) is 65.9 Å². The summed E-state index contributed by atoms with van der Waals surface area (Å²) in [7, 11) is 0. The first kappa shape index (κ1) is 22.1. The van der Waals surface area contributed by atoms with E-state index in [0.29, 0.717) is 5.56 Å². The molecule has 5 rings (SSSR count). The van der Waals surface area contributed by atoms with Gasteiger partial charge in [0, 0.05) is 22.7 Å². The minimum atomic E-state index is -0.116. The van der Waals surface area contributed by atoms with Crippen LogP contribution >= 0.6 is 23.1 Å². The van der Waals surface area contributed by atoms with Crippen LogP contribution in [-0.4, -0.2) is 20.7 Å². The number of carbonyl (C=O) groups is 1. The van der Waals surface area contributed by atoms with Crippen LogP contribution in [0.4, 0.5) is 5.69 Å². The second kappa shape index (κ2) is 10.1. The van der Waals surface area contributed by atoms with Gasteiger partial charge in [-0.2, -0.15) is 0 Å². The van der Waals surface area contributed by atoms with Gasteiger partial charge in [0.1, 0.15) is 0 Å². The lowest BCUT2D eigenvalue weighted by atomic mass is 10.1. The Labute approximate surface area is 206 Å². The molecule has 0 saturated heterocycles. The van der Waals surface area contributed by atoms with Gasteiger partial charge in [0.25, 0.3) is 5.91 Å². The molecular formula is C27H22N4OS2.